The van der Waals surface area contributed by atoms with E-state index in [0.29, 0.717) is 17.2 Å². The van der Waals surface area contributed by atoms with Gasteiger partial charge in [0, 0.05) is 10.6 Å². The Morgan fingerprint density at radius 3 is 2.40 bits per heavy atom. The van der Waals surface area contributed by atoms with Crippen LogP contribution in [0.1, 0.15) is 21.5 Å². The Bertz CT molecular complexity index is 1190. The summed E-state index contributed by atoms with van der Waals surface area (Å²) in [6.45, 7) is 0.465. The number of hydrogen-bond acceptors (Lipinski definition) is 3. The second-order valence-electron chi connectivity index (χ2n) is 6.75. The van der Waals surface area contributed by atoms with E-state index in [2.05, 4.69) is 10.5 Å². The monoisotopic (exact) mass is 414 g/mol. The number of hydrazone groups is 1. The van der Waals surface area contributed by atoms with Crippen LogP contribution in [0.2, 0.25) is 5.02 Å². The van der Waals surface area contributed by atoms with Crippen LogP contribution in [0.4, 0.5) is 0 Å². The maximum Gasteiger partial charge on any atom is 0.271 e. The van der Waals surface area contributed by atoms with Gasteiger partial charge in [0.25, 0.3) is 5.91 Å². The molecule has 0 aliphatic rings. The first-order valence-corrected chi connectivity index (χ1v) is 9.85. The van der Waals surface area contributed by atoms with Gasteiger partial charge in [-0.3, -0.25) is 4.79 Å². The SMILES string of the molecule is O=C(N/N=C\c1ccc(OCc2ccc(Cl)cc2)cc1)c1ccc2ccccc2c1. The lowest BCUT2D eigenvalue weighted by molar-refractivity contribution is 0.0955. The van der Waals surface area contributed by atoms with E-state index in [1.807, 2.05) is 84.9 Å². The van der Waals surface area contributed by atoms with Crippen LogP contribution in [0.25, 0.3) is 10.8 Å². The average Bonchev–Trinajstić information content (AvgIpc) is 2.79. The highest BCUT2D eigenvalue weighted by molar-refractivity contribution is 6.30. The van der Waals surface area contributed by atoms with Gasteiger partial charge in [0.15, 0.2) is 0 Å². The molecule has 30 heavy (non-hydrogen) atoms. The minimum atomic E-state index is -0.250. The van der Waals surface area contributed by atoms with Gasteiger partial charge >= 0.3 is 0 Å². The van der Waals surface area contributed by atoms with Gasteiger partial charge < -0.3 is 4.74 Å². The zero-order valence-electron chi connectivity index (χ0n) is 16.1. The third-order valence-corrected chi connectivity index (χ3v) is 4.84. The predicted octanol–water partition coefficient (Wildman–Crippen LogP) is 5.84. The summed E-state index contributed by atoms with van der Waals surface area (Å²) in [6.07, 6.45) is 1.60. The number of fused-ring (bicyclic) bond motifs is 1. The molecule has 0 saturated carbocycles. The largest absolute Gasteiger partial charge is 0.489 e. The van der Waals surface area contributed by atoms with E-state index in [4.69, 9.17) is 16.3 Å². The number of nitrogens with zero attached hydrogens (tertiary/aromatic N) is 1. The maximum absolute atomic E-state index is 12.3. The highest BCUT2D eigenvalue weighted by Crippen LogP contribution is 2.16. The molecule has 1 amide bonds. The summed E-state index contributed by atoms with van der Waals surface area (Å²) < 4.78 is 5.77. The normalized spacial score (nSPS) is 11.0. The second-order valence-corrected chi connectivity index (χ2v) is 7.18. The van der Waals surface area contributed by atoms with Gasteiger partial charge in [-0.05, 0) is 70.4 Å². The molecule has 0 spiro atoms. The molecule has 0 aliphatic heterocycles. The minimum absolute atomic E-state index is 0.250. The Morgan fingerprint density at radius 2 is 1.63 bits per heavy atom. The average molecular weight is 415 g/mol. The summed E-state index contributed by atoms with van der Waals surface area (Å²) in [5, 5.41) is 6.87. The fourth-order valence-electron chi connectivity index (χ4n) is 2.96. The molecule has 148 valence electrons. The van der Waals surface area contributed by atoms with Crippen LogP contribution in [0.3, 0.4) is 0 Å². The Labute approximate surface area is 179 Å². The molecule has 0 aliphatic carbocycles. The Hall–Kier alpha value is -3.63. The lowest BCUT2D eigenvalue weighted by atomic mass is 10.1. The van der Waals surface area contributed by atoms with Crippen LogP contribution in [0.15, 0.2) is 96.1 Å². The van der Waals surface area contributed by atoms with E-state index in [9.17, 15) is 4.79 Å². The van der Waals surface area contributed by atoms with E-state index < -0.39 is 0 Å². The molecule has 4 aromatic carbocycles. The van der Waals surface area contributed by atoms with Crippen LogP contribution in [0.5, 0.6) is 5.75 Å². The van der Waals surface area contributed by atoms with Crippen molar-refractivity contribution in [1.29, 1.82) is 0 Å². The number of ether oxygens (including phenoxy) is 1. The second kappa shape index (κ2) is 9.25. The van der Waals surface area contributed by atoms with Gasteiger partial charge in [-0.25, -0.2) is 5.43 Å². The number of halogens is 1. The molecule has 0 bridgehead atoms. The number of amides is 1. The standard InChI is InChI=1S/C25H19ClN2O2/c26-23-11-5-19(6-12-23)17-30-24-13-7-18(8-14-24)16-27-28-25(29)22-10-9-20-3-1-2-4-21(20)15-22/h1-16H,17H2,(H,28,29)/b27-16-. The van der Waals surface area contributed by atoms with Crippen molar-refractivity contribution >= 4 is 34.5 Å². The molecule has 4 nitrogen and oxygen atoms in total. The molecule has 0 fully saturated rings. The summed E-state index contributed by atoms with van der Waals surface area (Å²) in [7, 11) is 0. The highest BCUT2D eigenvalue weighted by Gasteiger charge is 2.05. The molecule has 4 aromatic rings. The van der Waals surface area contributed by atoms with Crippen molar-refractivity contribution in [2.45, 2.75) is 6.61 Å². The molecule has 5 heteroatoms. The van der Waals surface area contributed by atoms with Crippen molar-refractivity contribution in [2.24, 2.45) is 5.10 Å². The van der Waals surface area contributed by atoms with Crippen molar-refractivity contribution < 1.29 is 9.53 Å². The first kappa shape index (κ1) is 19.7. The van der Waals surface area contributed by atoms with Crippen LogP contribution >= 0.6 is 11.6 Å². The molecule has 0 saturated heterocycles. The lowest BCUT2D eigenvalue weighted by Gasteiger charge is -2.06. The Balaban J connectivity index is 1.32. The molecule has 0 atom stereocenters. The van der Waals surface area contributed by atoms with E-state index >= 15 is 0 Å². The molecule has 1 N–H and O–H groups in total. The number of carbonyl (C=O) groups is 1. The molecule has 0 unspecified atom stereocenters. The zero-order chi connectivity index (χ0) is 20.8. The maximum atomic E-state index is 12.3. The van der Waals surface area contributed by atoms with Gasteiger partial charge in [0.2, 0.25) is 0 Å². The molecule has 0 aromatic heterocycles. The molecule has 0 heterocycles. The number of hydrogen-bond donors (Lipinski definition) is 1. The first-order valence-electron chi connectivity index (χ1n) is 9.47. The van der Waals surface area contributed by atoms with E-state index in [1.54, 1.807) is 12.3 Å². The summed E-state index contributed by atoms with van der Waals surface area (Å²) >= 11 is 5.89. The summed E-state index contributed by atoms with van der Waals surface area (Å²) in [6, 6.07) is 28.5. The fourth-order valence-corrected chi connectivity index (χ4v) is 3.08. The number of carbonyl (C=O) groups excluding carboxylic acids is 1. The van der Waals surface area contributed by atoms with Crippen LogP contribution < -0.4 is 10.2 Å². The third kappa shape index (κ3) is 5.04. The van der Waals surface area contributed by atoms with Crippen molar-refractivity contribution in [3.63, 3.8) is 0 Å². The molecular formula is C25H19ClN2O2. The van der Waals surface area contributed by atoms with E-state index in [0.717, 1.165) is 27.6 Å². The smallest absolute Gasteiger partial charge is 0.271 e. The van der Waals surface area contributed by atoms with Crippen molar-refractivity contribution in [3.05, 3.63) is 113 Å². The Kier molecular flexibility index (Phi) is 6.06. The number of benzene rings is 4. The summed E-state index contributed by atoms with van der Waals surface area (Å²) in [4.78, 5) is 12.3. The van der Waals surface area contributed by atoms with Crippen LogP contribution in [-0.2, 0) is 6.61 Å². The van der Waals surface area contributed by atoms with Gasteiger partial charge in [-0.15, -0.1) is 0 Å². The quantitative estimate of drug-likeness (QED) is 0.318. The van der Waals surface area contributed by atoms with Gasteiger partial charge in [-0.2, -0.15) is 5.10 Å². The predicted molar refractivity (Wildman–Crippen MR) is 121 cm³/mol. The van der Waals surface area contributed by atoms with Crippen LogP contribution in [-0.4, -0.2) is 12.1 Å². The number of nitrogens with one attached hydrogen (secondary N) is 1. The molecule has 0 radical (unpaired) electrons. The first-order chi connectivity index (χ1) is 14.7. The molecule has 4 rings (SSSR count). The van der Waals surface area contributed by atoms with Crippen LogP contribution in [0, 0.1) is 0 Å². The van der Waals surface area contributed by atoms with Gasteiger partial charge in [-0.1, -0.05) is 54.1 Å². The van der Waals surface area contributed by atoms with Gasteiger partial charge in [0.1, 0.15) is 12.4 Å². The lowest BCUT2D eigenvalue weighted by Crippen LogP contribution is -2.17. The molecular weight excluding hydrogens is 396 g/mol. The Morgan fingerprint density at radius 1 is 0.900 bits per heavy atom. The minimum Gasteiger partial charge on any atom is -0.489 e. The van der Waals surface area contributed by atoms with Crippen molar-refractivity contribution in [2.75, 3.05) is 0 Å². The van der Waals surface area contributed by atoms with Crippen molar-refractivity contribution in [3.8, 4) is 5.75 Å². The zero-order valence-corrected chi connectivity index (χ0v) is 16.8. The van der Waals surface area contributed by atoms with Gasteiger partial charge in [0.05, 0.1) is 6.21 Å². The number of rotatable bonds is 6. The van der Waals surface area contributed by atoms with E-state index in [-0.39, 0.29) is 5.91 Å². The summed E-state index contributed by atoms with van der Waals surface area (Å²) in [5.74, 6) is 0.502. The van der Waals surface area contributed by atoms with Crippen molar-refractivity contribution in [1.82, 2.24) is 5.43 Å². The third-order valence-electron chi connectivity index (χ3n) is 4.59. The topological polar surface area (TPSA) is 50.7 Å². The van der Waals surface area contributed by atoms with E-state index in [1.165, 1.54) is 0 Å². The highest BCUT2D eigenvalue weighted by atomic mass is 35.5. The summed E-state index contributed by atoms with van der Waals surface area (Å²) in [5.41, 5.74) is 5.03. The fraction of sp³-hybridized carbons (Fsp3) is 0.0400.